The van der Waals surface area contributed by atoms with Crippen molar-refractivity contribution in [2.24, 2.45) is 11.8 Å². The van der Waals surface area contributed by atoms with Crippen LogP contribution in [-0.2, 0) is 0 Å². The molecule has 1 saturated carbocycles. The van der Waals surface area contributed by atoms with E-state index in [1.165, 1.54) is 77.0 Å². The van der Waals surface area contributed by atoms with Gasteiger partial charge in [0.1, 0.15) is 0 Å². The Labute approximate surface area is 120 Å². The minimum absolute atomic E-state index is 1.03. The van der Waals surface area contributed by atoms with Gasteiger partial charge in [0.25, 0.3) is 0 Å². The topological polar surface area (TPSA) is 0 Å². The van der Waals surface area contributed by atoms with Crippen LogP contribution in [0.15, 0.2) is 23.8 Å². The van der Waals surface area contributed by atoms with Gasteiger partial charge in [0.2, 0.25) is 0 Å². The Balaban J connectivity index is 1.58. The van der Waals surface area contributed by atoms with Crippen LogP contribution in [0.2, 0.25) is 0 Å². The van der Waals surface area contributed by atoms with Crippen molar-refractivity contribution in [3.63, 3.8) is 0 Å². The summed E-state index contributed by atoms with van der Waals surface area (Å²) in [5, 5.41) is 0. The van der Waals surface area contributed by atoms with Crippen molar-refractivity contribution in [2.75, 3.05) is 0 Å². The molecule has 1 fully saturated rings. The maximum atomic E-state index is 2.45. The summed E-state index contributed by atoms with van der Waals surface area (Å²) in [4.78, 5) is 0. The Kier molecular flexibility index (Phi) is 6.74. The normalized spacial score (nSPS) is 27.3. The quantitative estimate of drug-likeness (QED) is 0.463. The van der Waals surface area contributed by atoms with Gasteiger partial charge in [0.15, 0.2) is 0 Å². The number of hydrogen-bond donors (Lipinski definition) is 0. The van der Waals surface area contributed by atoms with Crippen LogP contribution in [0.5, 0.6) is 0 Å². The molecule has 0 bridgehead atoms. The second-order valence-corrected chi connectivity index (χ2v) is 6.68. The average molecular weight is 260 g/mol. The molecular weight excluding hydrogens is 228 g/mol. The maximum Gasteiger partial charge on any atom is -0.0280 e. The van der Waals surface area contributed by atoms with E-state index in [0.717, 1.165) is 11.8 Å². The summed E-state index contributed by atoms with van der Waals surface area (Å²) in [6.45, 7) is 2.31. The van der Waals surface area contributed by atoms with Crippen LogP contribution in [0.1, 0.15) is 84.0 Å². The Bertz CT molecular complexity index is 289. The van der Waals surface area contributed by atoms with Gasteiger partial charge in [0.05, 0.1) is 0 Å². The molecule has 0 nitrogen and oxygen atoms in total. The van der Waals surface area contributed by atoms with E-state index in [0.29, 0.717) is 0 Å². The van der Waals surface area contributed by atoms with Gasteiger partial charge in [-0.1, -0.05) is 82.1 Å². The third-order valence-corrected chi connectivity index (χ3v) is 5.10. The molecule has 108 valence electrons. The van der Waals surface area contributed by atoms with Gasteiger partial charge in [-0.15, -0.1) is 0 Å². The summed E-state index contributed by atoms with van der Waals surface area (Å²) >= 11 is 0. The average Bonchev–Trinajstić information content (AvgIpc) is 2.48. The zero-order valence-electron chi connectivity index (χ0n) is 12.9. The lowest BCUT2D eigenvalue weighted by Gasteiger charge is -2.28. The molecule has 0 unspecified atom stereocenters. The first-order chi connectivity index (χ1) is 9.38. The van der Waals surface area contributed by atoms with E-state index in [9.17, 15) is 0 Å². The number of hydrogen-bond acceptors (Lipinski definition) is 0. The summed E-state index contributed by atoms with van der Waals surface area (Å²) in [7, 11) is 0. The summed E-state index contributed by atoms with van der Waals surface area (Å²) in [5.41, 5.74) is 1.61. The lowest BCUT2D eigenvalue weighted by atomic mass is 9.77. The molecule has 2 aliphatic rings. The van der Waals surface area contributed by atoms with Gasteiger partial charge >= 0.3 is 0 Å². The van der Waals surface area contributed by atoms with Gasteiger partial charge in [-0.05, 0) is 37.5 Å². The van der Waals surface area contributed by atoms with Gasteiger partial charge in [0, 0.05) is 0 Å². The molecule has 2 rings (SSSR count). The van der Waals surface area contributed by atoms with E-state index < -0.39 is 0 Å². The van der Waals surface area contributed by atoms with Crippen molar-refractivity contribution in [1.29, 1.82) is 0 Å². The van der Waals surface area contributed by atoms with Crippen molar-refractivity contribution >= 4 is 0 Å². The Hall–Kier alpha value is -0.520. The molecule has 0 aromatic heterocycles. The first-order valence-corrected chi connectivity index (χ1v) is 8.74. The summed E-state index contributed by atoms with van der Waals surface area (Å²) < 4.78 is 0. The van der Waals surface area contributed by atoms with Gasteiger partial charge in [-0.3, -0.25) is 0 Å². The minimum atomic E-state index is 1.03. The van der Waals surface area contributed by atoms with Gasteiger partial charge in [-0.25, -0.2) is 0 Å². The standard InChI is InChI=1S/C19H32/c1-2-3-5-8-18-12-15-19(16-13-18)14-11-17-9-6-4-7-10-17/h6,9-10,18-19H,2-5,7-8,11-16H2,1H3. The second-order valence-electron chi connectivity index (χ2n) is 6.68. The largest absolute Gasteiger partial charge is 0.0840 e. The monoisotopic (exact) mass is 260 g/mol. The SMILES string of the molecule is CCCCCC1CCC(CCC2=CCCC=C2)CC1. The van der Waals surface area contributed by atoms with Crippen LogP contribution in [0.3, 0.4) is 0 Å². The van der Waals surface area contributed by atoms with Crippen molar-refractivity contribution in [2.45, 2.75) is 84.0 Å². The molecule has 19 heavy (non-hydrogen) atoms. The predicted octanol–water partition coefficient (Wildman–Crippen LogP) is 6.43. The Morgan fingerprint density at radius 2 is 1.68 bits per heavy atom. The molecule has 0 spiro atoms. The zero-order valence-corrected chi connectivity index (χ0v) is 12.9. The van der Waals surface area contributed by atoms with Crippen molar-refractivity contribution in [3.8, 4) is 0 Å². The van der Waals surface area contributed by atoms with E-state index in [1.54, 1.807) is 5.57 Å². The molecule has 0 aromatic rings. The van der Waals surface area contributed by atoms with E-state index in [-0.39, 0.29) is 0 Å². The second kappa shape index (κ2) is 8.61. The van der Waals surface area contributed by atoms with Crippen molar-refractivity contribution in [1.82, 2.24) is 0 Å². The fraction of sp³-hybridized carbons (Fsp3) is 0.789. The molecule has 0 atom stereocenters. The van der Waals surface area contributed by atoms with Crippen LogP contribution in [0, 0.1) is 11.8 Å². The number of unbranched alkanes of at least 4 members (excludes halogenated alkanes) is 2. The summed E-state index contributed by atoms with van der Waals surface area (Å²) in [5.74, 6) is 2.09. The van der Waals surface area contributed by atoms with Crippen molar-refractivity contribution < 1.29 is 0 Å². The van der Waals surface area contributed by atoms with E-state index in [2.05, 4.69) is 25.2 Å². The first kappa shape index (κ1) is 14.9. The molecule has 0 heterocycles. The zero-order chi connectivity index (χ0) is 13.3. The van der Waals surface area contributed by atoms with Crippen LogP contribution in [-0.4, -0.2) is 0 Å². The lowest BCUT2D eigenvalue weighted by molar-refractivity contribution is 0.249. The number of allylic oxidation sites excluding steroid dienone is 4. The summed E-state index contributed by atoms with van der Waals surface area (Å²) in [6.07, 6.45) is 24.3. The fourth-order valence-corrected chi connectivity index (χ4v) is 3.72. The molecule has 0 N–H and O–H groups in total. The molecular formula is C19H32. The van der Waals surface area contributed by atoms with Gasteiger partial charge in [-0.2, -0.15) is 0 Å². The smallest absolute Gasteiger partial charge is 0.0280 e. The molecule has 0 aliphatic heterocycles. The fourth-order valence-electron chi connectivity index (χ4n) is 3.72. The van der Waals surface area contributed by atoms with Crippen LogP contribution in [0.25, 0.3) is 0 Å². The third-order valence-electron chi connectivity index (χ3n) is 5.10. The van der Waals surface area contributed by atoms with E-state index in [1.807, 2.05) is 0 Å². The molecule has 0 amide bonds. The minimum Gasteiger partial charge on any atom is -0.0840 e. The molecule has 0 saturated heterocycles. The molecule has 0 radical (unpaired) electrons. The molecule has 2 aliphatic carbocycles. The molecule has 0 heteroatoms. The Morgan fingerprint density at radius 3 is 2.32 bits per heavy atom. The van der Waals surface area contributed by atoms with Crippen molar-refractivity contribution in [3.05, 3.63) is 23.8 Å². The number of rotatable bonds is 7. The summed E-state index contributed by atoms with van der Waals surface area (Å²) in [6, 6.07) is 0. The highest BCUT2D eigenvalue weighted by molar-refractivity contribution is 5.21. The maximum absolute atomic E-state index is 2.45. The third kappa shape index (κ3) is 5.55. The predicted molar refractivity (Wildman–Crippen MR) is 85.3 cm³/mol. The highest BCUT2D eigenvalue weighted by Gasteiger charge is 2.20. The highest BCUT2D eigenvalue weighted by atomic mass is 14.3. The van der Waals surface area contributed by atoms with Crippen LogP contribution >= 0.6 is 0 Å². The van der Waals surface area contributed by atoms with Gasteiger partial charge < -0.3 is 0 Å². The van der Waals surface area contributed by atoms with Crippen LogP contribution < -0.4 is 0 Å². The van der Waals surface area contributed by atoms with E-state index in [4.69, 9.17) is 0 Å². The van der Waals surface area contributed by atoms with Crippen LogP contribution in [0.4, 0.5) is 0 Å². The molecule has 0 aromatic carbocycles. The lowest BCUT2D eigenvalue weighted by Crippen LogP contribution is -2.14. The Morgan fingerprint density at radius 1 is 0.947 bits per heavy atom. The highest BCUT2D eigenvalue weighted by Crippen LogP contribution is 2.35. The first-order valence-electron chi connectivity index (χ1n) is 8.74. The van der Waals surface area contributed by atoms with E-state index >= 15 is 0 Å².